The smallest absolute Gasteiger partial charge is 0.294 e. The molecule has 1 atom stereocenters. The molecule has 0 aromatic heterocycles. The summed E-state index contributed by atoms with van der Waals surface area (Å²) in [5.74, 6) is 2.19. The lowest BCUT2D eigenvalue weighted by Crippen LogP contribution is -2.31. The monoisotopic (exact) mass is 886 g/mol. The number of nitrogens with zero attached hydrogens (tertiary/aromatic N) is 2. The van der Waals surface area contributed by atoms with E-state index in [1.807, 2.05) is 67.6 Å². The van der Waals surface area contributed by atoms with E-state index in [0.29, 0.717) is 28.9 Å². The average Bonchev–Trinajstić information content (AvgIpc) is 3.24. The minimum atomic E-state index is -4.66. The molecule has 0 bridgehead atoms. The fourth-order valence-electron chi connectivity index (χ4n) is 7.48. The standard InChI is InChI=1S/C47H55N3O6S4/c1-5-9-16-35(6-2)34-59(51,52)48-44-33-40(60(53,54)55)23-26-41(44)47-42-24-21-36(49(7-3)27-29-57-38-17-12-10-13-18-38)31-45(42)56-46-32-37(22-25-43(46)47)50(8-4)28-30-58-39-19-14-11-15-20-39/h10-15,17-26,31-33,35H,5-9,16,27-30,34H2,1-4H3,(H,53,54,55)/p+1. The van der Waals surface area contributed by atoms with E-state index in [1.54, 1.807) is 29.6 Å². The van der Waals surface area contributed by atoms with Gasteiger partial charge in [0.25, 0.3) is 10.1 Å². The zero-order chi connectivity index (χ0) is 42.7. The van der Waals surface area contributed by atoms with Crippen LogP contribution in [0.2, 0.25) is 0 Å². The van der Waals surface area contributed by atoms with Crippen molar-refractivity contribution < 1.29 is 25.8 Å². The van der Waals surface area contributed by atoms with Gasteiger partial charge in [-0.3, -0.25) is 9.27 Å². The molecular weight excluding hydrogens is 831 g/mol. The third-order valence-electron chi connectivity index (χ3n) is 10.8. The first-order valence-corrected chi connectivity index (χ1v) is 25.8. The molecule has 1 heterocycles. The summed E-state index contributed by atoms with van der Waals surface area (Å²) >= 11 is 3.61. The molecule has 13 heteroatoms. The normalized spacial score (nSPS) is 13.1. The van der Waals surface area contributed by atoms with E-state index in [0.717, 1.165) is 78.9 Å². The first-order valence-electron chi connectivity index (χ1n) is 20.7. The molecule has 2 N–H and O–H groups in total. The Bertz CT molecular complexity index is 2620. The van der Waals surface area contributed by atoms with Gasteiger partial charge in [-0.2, -0.15) is 8.42 Å². The zero-order valence-electron chi connectivity index (χ0n) is 34.8. The average molecular weight is 887 g/mol. The molecule has 0 fully saturated rings. The Hall–Kier alpha value is -4.27. The van der Waals surface area contributed by atoms with Crippen molar-refractivity contribution in [3.63, 3.8) is 0 Å². The van der Waals surface area contributed by atoms with Gasteiger partial charge in [-0.05, 0) is 80.8 Å². The number of benzene rings is 5. The molecule has 0 spiro atoms. The maximum atomic E-state index is 13.9. The lowest BCUT2D eigenvalue weighted by molar-refractivity contribution is 0.482. The minimum Gasteiger partial charge on any atom is -0.456 e. The van der Waals surface area contributed by atoms with Crippen LogP contribution in [0.15, 0.2) is 134 Å². The van der Waals surface area contributed by atoms with Crippen LogP contribution in [0.1, 0.15) is 53.4 Å². The number of hydrogen-bond acceptors (Lipinski definition) is 8. The van der Waals surface area contributed by atoms with Gasteiger partial charge in [0.05, 0.1) is 28.2 Å². The molecule has 4 aromatic carbocycles. The number of fused-ring (bicyclic) bond motifs is 2. The van der Waals surface area contributed by atoms with E-state index in [1.165, 1.54) is 21.9 Å². The van der Waals surface area contributed by atoms with Crippen LogP contribution >= 0.6 is 23.5 Å². The van der Waals surface area contributed by atoms with Crippen LogP contribution in [0.4, 0.5) is 11.4 Å². The maximum Gasteiger partial charge on any atom is 0.294 e. The van der Waals surface area contributed by atoms with Crippen LogP contribution in [-0.2, 0) is 20.1 Å². The van der Waals surface area contributed by atoms with E-state index in [9.17, 15) is 21.4 Å². The molecule has 4 aromatic rings. The predicted octanol–water partition coefficient (Wildman–Crippen LogP) is 10.6. The molecule has 1 unspecified atom stereocenters. The minimum absolute atomic E-state index is 0.0649. The predicted molar refractivity (Wildman–Crippen MR) is 252 cm³/mol. The van der Waals surface area contributed by atoms with Gasteiger partial charge in [0, 0.05) is 68.5 Å². The molecule has 1 aliphatic heterocycles. The van der Waals surface area contributed by atoms with E-state index < -0.39 is 25.0 Å². The van der Waals surface area contributed by atoms with Crippen molar-refractivity contribution in [1.29, 1.82) is 0 Å². The molecule has 2 aliphatic rings. The number of rotatable bonds is 21. The Balaban J connectivity index is 1.49. The van der Waals surface area contributed by atoms with Crippen LogP contribution in [0.3, 0.4) is 0 Å². The Kier molecular flexibility index (Phi) is 15.8. The van der Waals surface area contributed by atoms with Crippen molar-refractivity contribution in [3.8, 4) is 22.5 Å². The number of anilines is 2. The molecule has 60 heavy (non-hydrogen) atoms. The largest absolute Gasteiger partial charge is 0.456 e. The van der Waals surface area contributed by atoms with Gasteiger partial charge in [0.1, 0.15) is 17.9 Å². The summed E-state index contributed by atoms with van der Waals surface area (Å²) in [6, 6.07) is 36.9. The number of nitrogens with one attached hydrogen (secondary N) is 1. The van der Waals surface area contributed by atoms with Crippen LogP contribution in [0, 0.1) is 5.92 Å². The molecule has 1 aliphatic carbocycles. The summed E-state index contributed by atoms with van der Waals surface area (Å²) < 4.78 is 74.8. The summed E-state index contributed by atoms with van der Waals surface area (Å²) in [5, 5.41) is 1.71. The summed E-state index contributed by atoms with van der Waals surface area (Å²) in [5.41, 5.74) is 3.54. The van der Waals surface area contributed by atoms with Crippen molar-refractivity contribution in [1.82, 2.24) is 4.58 Å². The van der Waals surface area contributed by atoms with Crippen molar-refractivity contribution >= 4 is 66.0 Å². The van der Waals surface area contributed by atoms with Crippen LogP contribution in [-0.4, -0.2) is 64.8 Å². The fourth-order valence-corrected chi connectivity index (χ4v) is 11.4. The number of unbranched alkanes of at least 4 members (excludes halogenated alkanes) is 1. The van der Waals surface area contributed by atoms with Crippen LogP contribution in [0.25, 0.3) is 33.4 Å². The second-order valence-electron chi connectivity index (χ2n) is 14.8. The number of sulfonamides is 1. The molecule has 0 radical (unpaired) electrons. The van der Waals surface area contributed by atoms with Crippen molar-refractivity contribution in [2.24, 2.45) is 5.92 Å². The number of hydrogen-bond donors (Lipinski definition) is 2. The Morgan fingerprint density at radius 1 is 0.783 bits per heavy atom. The third kappa shape index (κ3) is 11.8. The fraction of sp³-hybridized carbons (Fsp3) is 0.340. The van der Waals surface area contributed by atoms with Gasteiger partial charge in [-0.15, -0.1) is 23.5 Å². The highest BCUT2D eigenvalue weighted by molar-refractivity contribution is 7.99. The highest BCUT2D eigenvalue weighted by Crippen LogP contribution is 2.44. The summed E-state index contributed by atoms with van der Waals surface area (Å²) in [7, 11) is -8.60. The summed E-state index contributed by atoms with van der Waals surface area (Å²) in [6.45, 7) is 11.5. The van der Waals surface area contributed by atoms with Crippen LogP contribution < -0.4 is 19.6 Å². The van der Waals surface area contributed by atoms with Crippen molar-refractivity contribution in [3.05, 3.63) is 121 Å². The summed E-state index contributed by atoms with van der Waals surface area (Å²) in [4.78, 5) is 4.33. The zero-order valence-corrected chi connectivity index (χ0v) is 38.1. The first kappa shape index (κ1) is 45.3. The maximum absolute atomic E-state index is 13.9. The molecule has 0 amide bonds. The Morgan fingerprint density at radius 2 is 1.47 bits per heavy atom. The topological polar surface area (TPSA) is 120 Å². The highest BCUT2D eigenvalue weighted by atomic mass is 32.2. The van der Waals surface area contributed by atoms with Gasteiger partial charge in [0.15, 0.2) is 6.54 Å². The lowest BCUT2D eigenvalue weighted by atomic mass is 9.92. The van der Waals surface area contributed by atoms with Gasteiger partial charge >= 0.3 is 0 Å². The highest BCUT2D eigenvalue weighted by Gasteiger charge is 2.26. The van der Waals surface area contributed by atoms with Gasteiger partial charge < -0.3 is 9.32 Å². The van der Waals surface area contributed by atoms with Crippen LogP contribution in [0.5, 0.6) is 0 Å². The quantitative estimate of drug-likeness (QED) is 0.0315. The SMILES string of the molecule is CCCCC(CC)CS(=O)(=O)Nc1cc(S(=O)(=O)O)ccc1-c1c2ccc(=[N+](CC)CCSc3ccccc3)cc-2oc2cc(N(CC)CCSc3ccccc3)ccc12. The van der Waals surface area contributed by atoms with Crippen molar-refractivity contribution in [2.75, 3.05) is 53.1 Å². The third-order valence-corrected chi connectivity index (χ3v) is 15.0. The molecular formula is C47H56N3O6S4+. The molecule has 0 saturated heterocycles. The van der Waals surface area contributed by atoms with E-state index in [-0.39, 0.29) is 17.4 Å². The van der Waals surface area contributed by atoms with Gasteiger partial charge in [-0.1, -0.05) is 75.6 Å². The molecule has 9 nitrogen and oxygen atoms in total. The number of thioether (sulfide) groups is 2. The van der Waals surface area contributed by atoms with Crippen molar-refractivity contribution in [2.45, 2.75) is 68.1 Å². The molecule has 0 saturated carbocycles. The van der Waals surface area contributed by atoms with E-state index >= 15 is 0 Å². The van der Waals surface area contributed by atoms with E-state index in [2.05, 4.69) is 71.4 Å². The van der Waals surface area contributed by atoms with Gasteiger partial charge in [-0.25, -0.2) is 13.0 Å². The molecule has 6 rings (SSSR count). The Morgan fingerprint density at radius 3 is 2.10 bits per heavy atom. The van der Waals surface area contributed by atoms with Gasteiger partial charge in [0.2, 0.25) is 15.4 Å². The Labute approximate surface area is 364 Å². The summed E-state index contributed by atoms with van der Waals surface area (Å²) in [6.07, 6.45) is 3.33. The lowest BCUT2D eigenvalue weighted by Gasteiger charge is -2.24. The van der Waals surface area contributed by atoms with E-state index in [4.69, 9.17) is 4.42 Å². The second-order valence-corrected chi connectivity index (χ2v) is 20.3. The first-order chi connectivity index (χ1) is 28.9. The molecule has 318 valence electrons. The second kappa shape index (κ2) is 21.0.